The van der Waals surface area contributed by atoms with Crippen molar-refractivity contribution in [3.63, 3.8) is 0 Å². The fourth-order valence-electron chi connectivity index (χ4n) is 1.64. The highest BCUT2D eigenvalue weighted by atomic mass is 79.9. The van der Waals surface area contributed by atoms with E-state index >= 15 is 0 Å². The van der Waals surface area contributed by atoms with Crippen molar-refractivity contribution in [2.24, 2.45) is 5.73 Å². The van der Waals surface area contributed by atoms with Crippen LogP contribution in [0.1, 0.15) is 19.4 Å². The van der Waals surface area contributed by atoms with E-state index in [0.29, 0.717) is 6.54 Å². The van der Waals surface area contributed by atoms with Crippen molar-refractivity contribution < 1.29 is 9.90 Å². The van der Waals surface area contributed by atoms with Gasteiger partial charge in [-0.2, -0.15) is 0 Å². The first-order chi connectivity index (χ1) is 8.33. The van der Waals surface area contributed by atoms with Crippen LogP contribution < -0.4 is 11.1 Å². The first-order valence-corrected chi connectivity index (χ1v) is 6.57. The molecule has 0 spiro atoms. The maximum Gasteiger partial charge on any atom is 0.321 e. The Labute approximate surface area is 116 Å². The number of aliphatic carboxylic acids is 1. The van der Waals surface area contributed by atoms with Crippen LogP contribution in [0.3, 0.4) is 0 Å². The van der Waals surface area contributed by atoms with Crippen LogP contribution in [-0.4, -0.2) is 30.2 Å². The molecular weight excluding hydrogens is 296 g/mol. The van der Waals surface area contributed by atoms with Crippen LogP contribution in [0, 0.1) is 0 Å². The highest BCUT2D eigenvalue weighted by Crippen LogP contribution is 2.24. The summed E-state index contributed by atoms with van der Waals surface area (Å²) < 4.78 is 1.04. The largest absolute Gasteiger partial charge is 0.480 e. The van der Waals surface area contributed by atoms with E-state index in [0.717, 1.165) is 4.47 Å². The van der Waals surface area contributed by atoms with E-state index in [4.69, 9.17) is 10.8 Å². The molecule has 0 aliphatic carbocycles. The van der Waals surface area contributed by atoms with E-state index in [2.05, 4.69) is 47.2 Å². The quantitative estimate of drug-likeness (QED) is 0.747. The normalized spacial score (nSPS) is 13.3. The fourth-order valence-corrected chi connectivity index (χ4v) is 2.04. The van der Waals surface area contributed by atoms with E-state index in [1.807, 2.05) is 12.1 Å². The molecule has 5 heteroatoms. The van der Waals surface area contributed by atoms with Crippen molar-refractivity contribution in [3.05, 3.63) is 34.3 Å². The second-order valence-corrected chi connectivity index (χ2v) is 5.89. The van der Waals surface area contributed by atoms with Crippen LogP contribution in [0.15, 0.2) is 28.7 Å². The summed E-state index contributed by atoms with van der Waals surface area (Å²) in [6.07, 6.45) is 0. The van der Waals surface area contributed by atoms with Crippen LogP contribution in [0.2, 0.25) is 0 Å². The monoisotopic (exact) mass is 314 g/mol. The molecular formula is C13H19BrN2O2. The van der Waals surface area contributed by atoms with Crippen molar-refractivity contribution in [2.75, 3.05) is 13.1 Å². The highest BCUT2D eigenvalue weighted by Gasteiger charge is 2.21. The van der Waals surface area contributed by atoms with Gasteiger partial charge in [0, 0.05) is 23.0 Å². The van der Waals surface area contributed by atoms with Gasteiger partial charge in [-0.3, -0.25) is 4.79 Å². The lowest BCUT2D eigenvalue weighted by Crippen LogP contribution is -2.44. The zero-order valence-corrected chi connectivity index (χ0v) is 12.2. The van der Waals surface area contributed by atoms with Gasteiger partial charge in [-0.15, -0.1) is 0 Å². The van der Waals surface area contributed by atoms with Gasteiger partial charge in [-0.05, 0) is 17.7 Å². The zero-order chi connectivity index (χ0) is 13.8. The number of halogens is 1. The van der Waals surface area contributed by atoms with Crippen LogP contribution in [0.25, 0.3) is 0 Å². The number of hydrogen-bond donors (Lipinski definition) is 3. The topological polar surface area (TPSA) is 75.3 Å². The number of carbonyl (C=O) groups is 1. The lowest BCUT2D eigenvalue weighted by atomic mass is 9.84. The summed E-state index contributed by atoms with van der Waals surface area (Å²) in [5.74, 6) is -0.984. The van der Waals surface area contributed by atoms with Gasteiger partial charge < -0.3 is 16.2 Å². The lowest BCUT2D eigenvalue weighted by molar-refractivity contribution is -0.138. The van der Waals surface area contributed by atoms with E-state index in [1.54, 1.807) is 0 Å². The van der Waals surface area contributed by atoms with Gasteiger partial charge >= 0.3 is 5.97 Å². The summed E-state index contributed by atoms with van der Waals surface area (Å²) >= 11 is 3.45. The predicted molar refractivity (Wildman–Crippen MR) is 75.6 cm³/mol. The average Bonchev–Trinajstić information content (AvgIpc) is 2.28. The molecule has 0 saturated heterocycles. The molecule has 0 fully saturated rings. The number of hydrogen-bond acceptors (Lipinski definition) is 3. The summed E-state index contributed by atoms with van der Waals surface area (Å²) in [5.41, 5.74) is 6.55. The van der Waals surface area contributed by atoms with Crippen LogP contribution >= 0.6 is 15.9 Å². The molecule has 0 heterocycles. The Kier molecular flexibility index (Phi) is 5.31. The summed E-state index contributed by atoms with van der Waals surface area (Å²) in [5, 5.41) is 11.8. The highest BCUT2D eigenvalue weighted by molar-refractivity contribution is 9.10. The van der Waals surface area contributed by atoms with E-state index in [9.17, 15) is 4.79 Å². The molecule has 1 unspecified atom stereocenters. The number of benzene rings is 1. The molecule has 0 radical (unpaired) electrons. The lowest BCUT2D eigenvalue weighted by Gasteiger charge is -2.26. The molecule has 0 aliphatic rings. The summed E-state index contributed by atoms with van der Waals surface area (Å²) in [7, 11) is 0. The van der Waals surface area contributed by atoms with Crippen molar-refractivity contribution in [2.45, 2.75) is 25.3 Å². The van der Waals surface area contributed by atoms with Crippen molar-refractivity contribution in [1.82, 2.24) is 5.32 Å². The molecule has 1 atom stereocenters. The van der Waals surface area contributed by atoms with Crippen molar-refractivity contribution >= 4 is 21.9 Å². The van der Waals surface area contributed by atoms with Gasteiger partial charge in [-0.1, -0.05) is 41.9 Å². The standard InChI is InChI=1S/C13H19BrN2O2/c1-13(2,8-16-7-11(15)12(17)18)9-4-3-5-10(14)6-9/h3-6,11,16H,7-8,15H2,1-2H3,(H,17,18). The van der Waals surface area contributed by atoms with Gasteiger partial charge in [0.25, 0.3) is 0 Å². The molecule has 4 N–H and O–H groups in total. The maximum absolute atomic E-state index is 10.6. The Bertz CT molecular complexity index is 421. The minimum Gasteiger partial charge on any atom is -0.480 e. The average molecular weight is 315 g/mol. The molecule has 0 aromatic heterocycles. The second-order valence-electron chi connectivity index (χ2n) is 4.97. The van der Waals surface area contributed by atoms with E-state index in [1.165, 1.54) is 5.56 Å². The Morgan fingerprint density at radius 1 is 1.56 bits per heavy atom. The molecule has 4 nitrogen and oxygen atoms in total. The van der Waals surface area contributed by atoms with E-state index < -0.39 is 12.0 Å². The van der Waals surface area contributed by atoms with Crippen molar-refractivity contribution in [3.8, 4) is 0 Å². The van der Waals surface area contributed by atoms with Crippen molar-refractivity contribution in [1.29, 1.82) is 0 Å². The van der Waals surface area contributed by atoms with Crippen LogP contribution in [-0.2, 0) is 10.2 Å². The molecule has 1 aromatic rings. The third-order valence-corrected chi connectivity index (χ3v) is 3.35. The Hall–Kier alpha value is -0.910. The molecule has 18 heavy (non-hydrogen) atoms. The summed E-state index contributed by atoms with van der Waals surface area (Å²) in [6, 6.07) is 7.24. The smallest absolute Gasteiger partial charge is 0.321 e. The number of nitrogens with one attached hydrogen (secondary N) is 1. The Morgan fingerprint density at radius 3 is 2.78 bits per heavy atom. The number of rotatable bonds is 6. The van der Waals surface area contributed by atoms with Gasteiger partial charge in [0.1, 0.15) is 6.04 Å². The van der Waals surface area contributed by atoms with Gasteiger partial charge in [0.05, 0.1) is 0 Å². The molecule has 0 aliphatic heterocycles. The maximum atomic E-state index is 10.6. The fraction of sp³-hybridized carbons (Fsp3) is 0.462. The molecule has 1 aromatic carbocycles. The molecule has 100 valence electrons. The SMILES string of the molecule is CC(C)(CNCC(N)C(=O)O)c1cccc(Br)c1. The van der Waals surface area contributed by atoms with Gasteiger partial charge in [-0.25, -0.2) is 0 Å². The molecule has 0 amide bonds. The summed E-state index contributed by atoms with van der Waals surface area (Å²) in [4.78, 5) is 10.6. The van der Waals surface area contributed by atoms with Gasteiger partial charge in [0.15, 0.2) is 0 Å². The summed E-state index contributed by atoms with van der Waals surface area (Å²) in [6.45, 7) is 5.15. The minimum atomic E-state index is -0.984. The predicted octanol–water partition coefficient (Wildman–Crippen LogP) is 1.73. The first-order valence-electron chi connectivity index (χ1n) is 5.78. The molecule has 1 rings (SSSR count). The number of nitrogens with two attached hydrogens (primary N) is 1. The number of carboxylic acid groups (broad SMARTS) is 1. The van der Waals surface area contributed by atoms with Crippen LogP contribution in [0.5, 0.6) is 0 Å². The molecule has 0 saturated carbocycles. The van der Waals surface area contributed by atoms with E-state index in [-0.39, 0.29) is 12.0 Å². The van der Waals surface area contributed by atoms with Gasteiger partial charge in [0.2, 0.25) is 0 Å². The first kappa shape index (κ1) is 15.1. The minimum absolute atomic E-state index is 0.0813. The van der Waals surface area contributed by atoms with Crippen LogP contribution in [0.4, 0.5) is 0 Å². The second kappa shape index (κ2) is 6.31. The Balaban J connectivity index is 2.57. The third kappa shape index (κ3) is 4.40. The zero-order valence-electron chi connectivity index (χ0n) is 10.6. The third-order valence-electron chi connectivity index (χ3n) is 2.85. The molecule has 0 bridgehead atoms. The Morgan fingerprint density at radius 2 is 2.22 bits per heavy atom. The number of carboxylic acids is 1.